The van der Waals surface area contributed by atoms with Crippen LogP contribution in [0.4, 0.5) is 0 Å². The number of hydrogen-bond donors (Lipinski definition) is 2. The number of rotatable bonds is 9. The number of likely N-dealkylation sites (tertiary alicyclic amines) is 1. The van der Waals surface area contributed by atoms with Crippen molar-refractivity contribution in [3.63, 3.8) is 0 Å². The molecule has 1 aromatic rings. The lowest BCUT2D eigenvalue weighted by Crippen LogP contribution is -2.43. The smallest absolute Gasteiger partial charge is 0.190 e. The summed E-state index contributed by atoms with van der Waals surface area (Å²) < 4.78 is 5.16. The van der Waals surface area contributed by atoms with E-state index in [2.05, 4.69) is 50.9 Å². The van der Waals surface area contributed by atoms with Gasteiger partial charge in [0.15, 0.2) is 5.96 Å². The fourth-order valence-corrected chi connectivity index (χ4v) is 3.24. The van der Waals surface area contributed by atoms with E-state index in [0.717, 1.165) is 51.0 Å². The van der Waals surface area contributed by atoms with Gasteiger partial charge in [0.1, 0.15) is 0 Å². The van der Waals surface area contributed by atoms with E-state index >= 15 is 0 Å². The minimum Gasteiger partial charge on any atom is -0.383 e. The zero-order valence-electron chi connectivity index (χ0n) is 16.2. The van der Waals surface area contributed by atoms with Crippen LogP contribution >= 0.6 is 24.0 Å². The molecule has 0 unspecified atom stereocenters. The maximum atomic E-state index is 5.16. The van der Waals surface area contributed by atoms with Crippen molar-refractivity contribution in [3.05, 3.63) is 35.9 Å². The van der Waals surface area contributed by atoms with E-state index in [1.54, 1.807) is 7.11 Å². The Kier molecular flexibility index (Phi) is 12.7. The van der Waals surface area contributed by atoms with Gasteiger partial charge in [0, 0.05) is 33.8 Å². The Bertz CT molecular complexity index is 490. The Hall–Kier alpha value is -0.860. The van der Waals surface area contributed by atoms with Crippen LogP contribution in [0.3, 0.4) is 0 Å². The summed E-state index contributed by atoms with van der Waals surface area (Å²) in [7, 11) is 3.62. The molecule has 26 heavy (non-hydrogen) atoms. The minimum absolute atomic E-state index is 0. The number of methoxy groups -OCH3 is 1. The van der Waals surface area contributed by atoms with Crippen LogP contribution in [-0.2, 0) is 11.2 Å². The molecule has 1 aliphatic rings. The molecular formula is C20H35IN4O. The average Bonchev–Trinajstić information content (AvgIpc) is 2.67. The van der Waals surface area contributed by atoms with Crippen LogP contribution in [0.2, 0.25) is 0 Å². The van der Waals surface area contributed by atoms with Gasteiger partial charge in [0.05, 0.1) is 6.61 Å². The number of nitrogens with one attached hydrogen (secondary N) is 2. The monoisotopic (exact) mass is 474 g/mol. The number of nitrogens with zero attached hydrogens (tertiary/aromatic N) is 2. The Morgan fingerprint density at radius 2 is 1.92 bits per heavy atom. The fourth-order valence-electron chi connectivity index (χ4n) is 3.24. The average molecular weight is 474 g/mol. The molecule has 5 nitrogen and oxygen atoms in total. The van der Waals surface area contributed by atoms with Gasteiger partial charge >= 0.3 is 0 Å². The van der Waals surface area contributed by atoms with Gasteiger partial charge in [-0.2, -0.15) is 0 Å². The SMILES string of the molecule is CN=C(NCCCc1ccccc1)NCC1CCN(CCOC)CC1.I. The number of aliphatic imine (C=N–C) groups is 1. The quantitative estimate of drug-likeness (QED) is 0.250. The van der Waals surface area contributed by atoms with Gasteiger partial charge in [-0.25, -0.2) is 0 Å². The Labute approximate surface area is 176 Å². The van der Waals surface area contributed by atoms with Gasteiger partial charge in [0.25, 0.3) is 0 Å². The van der Waals surface area contributed by atoms with E-state index < -0.39 is 0 Å². The minimum atomic E-state index is 0. The van der Waals surface area contributed by atoms with Gasteiger partial charge in [-0.1, -0.05) is 30.3 Å². The summed E-state index contributed by atoms with van der Waals surface area (Å²) in [6.45, 7) is 6.21. The zero-order chi connectivity index (χ0) is 17.7. The molecule has 0 atom stereocenters. The Morgan fingerprint density at radius 3 is 2.58 bits per heavy atom. The topological polar surface area (TPSA) is 48.9 Å². The second-order valence-electron chi connectivity index (χ2n) is 6.75. The lowest BCUT2D eigenvalue weighted by molar-refractivity contribution is 0.121. The van der Waals surface area contributed by atoms with E-state index in [-0.39, 0.29) is 24.0 Å². The summed E-state index contributed by atoms with van der Waals surface area (Å²) >= 11 is 0. The van der Waals surface area contributed by atoms with Crippen molar-refractivity contribution in [2.45, 2.75) is 25.7 Å². The number of hydrogen-bond acceptors (Lipinski definition) is 3. The summed E-state index contributed by atoms with van der Waals surface area (Å²) in [5.41, 5.74) is 1.40. The maximum Gasteiger partial charge on any atom is 0.190 e. The third-order valence-electron chi connectivity index (χ3n) is 4.88. The molecule has 2 N–H and O–H groups in total. The first-order valence-electron chi connectivity index (χ1n) is 9.51. The van der Waals surface area contributed by atoms with Crippen molar-refractivity contribution in [2.75, 3.05) is 53.5 Å². The van der Waals surface area contributed by atoms with Crippen LogP contribution in [0.1, 0.15) is 24.8 Å². The third kappa shape index (κ3) is 9.19. The van der Waals surface area contributed by atoms with Crippen LogP contribution in [0.25, 0.3) is 0 Å². The fraction of sp³-hybridized carbons (Fsp3) is 0.650. The number of halogens is 1. The van der Waals surface area contributed by atoms with E-state index in [1.807, 2.05) is 7.05 Å². The van der Waals surface area contributed by atoms with Crippen molar-refractivity contribution in [2.24, 2.45) is 10.9 Å². The predicted octanol–water partition coefficient (Wildman–Crippen LogP) is 2.76. The van der Waals surface area contributed by atoms with E-state index in [9.17, 15) is 0 Å². The van der Waals surface area contributed by atoms with Gasteiger partial charge < -0.3 is 20.3 Å². The molecule has 0 aliphatic carbocycles. The predicted molar refractivity (Wildman–Crippen MR) is 121 cm³/mol. The molecule has 0 spiro atoms. The molecule has 2 rings (SSSR count). The summed E-state index contributed by atoms with van der Waals surface area (Å²) in [6.07, 6.45) is 4.72. The molecule has 1 saturated heterocycles. The number of guanidine groups is 1. The van der Waals surface area contributed by atoms with E-state index in [0.29, 0.717) is 0 Å². The highest BCUT2D eigenvalue weighted by atomic mass is 127. The molecule has 1 heterocycles. The van der Waals surface area contributed by atoms with E-state index in [1.165, 1.54) is 31.5 Å². The maximum absolute atomic E-state index is 5.16. The second kappa shape index (κ2) is 14.2. The second-order valence-corrected chi connectivity index (χ2v) is 6.75. The summed E-state index contributed by atoms with van der Waals surface area (Å²) in [6, 6.07) is 10.6. The van der Waals surface area contributed by atoms with Crippen LogP contribution in [-0.4, -0.2) is 64.3 Å². The van der Waals surface area contributed by atoms with Gasteiger partial charge in [-0.3, -0.25) is 4.99 Å². The number of piperidine rings is 1. The summed E-state index contributed by atoms with van der Waals surface area (Å²) in [5, 5.41) is 6.92. The molecular weight excluding hydrogens is 439 g/mol. The van der Waals surface area contributed by atoms with Gasteiger partial charge in [0.2, 0.25) is 0 Å². The molecule has 0 aromatic heterocycles. The molecule has 0 bridgehead atoms. The summed E-state index contributed by atoms with van der Waals surface area (Å²) in [5.74, 6) is 1.66. The standard InChI is InChI=1S/C20H34N4O.HI/c1-21-20(22-12-6-9-18-7-4-3-5-8-18)23-17-19-10-13-24(14-11-19)15-16-25-2;/h3-5,7-8,19H,6,9-17H2,1-2H3,(H2,21,22,23);1H. The third-order valence-corrected chi connectivity index (χ3v) is 4.88. The zero-order valence-corrected chi connectivity index (χ0v) is 18.6. The first-order chi connectivity index (χ1) is 12.3. The van der Waals surface area contributed by atoms with Crippen molar-refractivity contribution in [1.29, 1.82) is 0 Å². The first kappa shape index (κ1) is 23.2. The van der Waals surface area contributed by atoms with E-state index in [4.69, 9.17) is 4.74 Å². The Balaban J connectivity index is 0.00000338. The molecule has 0 radical (unpaired) electrons. The van der Waals surface area contributed by atoms with Crippen molar-refractivity contribution >= 4 is 29.9 Å². The molecule has 1 fully saturated rings. The molecule has 6 heteroatoms. The van der Waals surface area contributed by atoms with Crippen LogP contribution in [0, 0.1) is 5.92 Å². The van der Waals surface area contributed by atoms with Gasteiger partial charge in [-0.15, -0.1) is 24.0 Å². The summed E-state index contributed by atoms with van der Waals surface area (Å²) in [4.78, 5) is 6.84. The normalized spacial score (nSPS) is 16.2. The number of aryl methyl sites for hydroxylation is 1. The first-order valence-corrected chi connectivity index (χ1v) is 9.51. The molecule has 148 valence electrons. The number of benzene rings is 1. The van der Waals surface area contributed by atoms with Crippen molar-refractivity contribution < 1.29 is 4.74 Å². The highest BCUT2D eigenvalue weighted by molar-refractivity contribution is 14.0. The van der Waals surface area contributed by atoms with Gasteiger partial charge in [-0.05, 0) is 50.3 Å². The largest absolute Gasteiger partial charge is 0.383 e. The van der Waals surface area contributed by atoms with Crippen LogP contribution in [0.15, 0.2) is 35.3 Å². The lowest BCUT2D eigenvalue weighted by Gasteiger charge is -2.32. The van der Waals surface area contributed by atoms with Crippen LogP contribution in [0.5, 0.6) is 0 Å². The Morgan fingerprint density at radius 1 is 1.19 bits per heavy atom. The van der Waals surface area contributed by atoms with Crippen molar-refractivity contribution in [3.8, 4) is 0 Å². The molecule has 0 saturated carbocycles. The molecule has 1 aromatic carbocycles. The molecule has 1 aliphatic heterocycles. The highest BCUT2D eigenvalue weighted by Gasteiger charge is 2.18. The lowest BCUT2D eigenvalue weighted by atomic mass is 9.97. The van der Waals surface area contributed by atoms with Crippen molar-refractivity contribution in [1.82, 2.24) is 15.5 Å². The highest BCUT2D eigenvalue weighted by Crippen LogP contribution is 2.15. The molecule has 0 amide bonds. The number of ether oxygens (including phenoxy) is 1. The van der Waals surface area contributed by atoms with Crippen LogP contribution < -0.4 is 10.6 Å².